The quantitative estimate of drug-likeness (QED) is 0.510. The SMILES string of the molecule is C=Cc1ccc(COCCOCC2CO2)cc1. The van der Waals surface area contributed by atoms with Crippen molar-refractivity contribution >= 4 is 6.08 Å². The third-order valence-corrected chi connectivity index (χ3v) is 2.56. The number of rotatable bonds is 8. The van der Waals surface area contributed by atoms with Crippen molar-refractivity contribution in [2.45, 2.75) is 12.7 Å². The van der Waals surface area contributed by atoms with E-state index < -0.39 is 0 Å². The Morgan fingerprint density at radius 3 is 2.59 bits per heavy atom. The molecule has 1 aliphatic rings. The van der Waals surface area contributed by atoms with E-state index >= 15 is 0 Å². The third kappa shape index (κ3) is 4.69. The largest absolute Gasteiger partial charge is 0.376 e. The first-order valence-electron chi connectivity index (χ1n) is 5.87. The molecule has 0 amide bonds. The summed E-state index contributed by atoms with van der Waals surface area (Å²) < 4.78 is 15.9. The van der Waals surface area contributed by atoms with Crippen molar-refractivity contribution in [1.82, 2.24) is 0 Å². The Morgan fingerprint density at radius 1 is 1.24 bits per heavy atom. The van der Waals surface area contributed by atoms with Crippen LogP contribution in [-0.2, 0) is 20.8 Å². The van der Waals surface area contributed by atoms with E-state index in [9.17, 15) is 0 Å². The molecule has 1 aromatic carbocycles. The van der Waals surface area contributed by atoms with Gasteiger partial charge in [-0.25, -0.2) is 0 Å². The van der Waals surface area contributed by atoms with Crippen molar-refractivity contribution in [2.24, 2.45) is 0 Å². The Bertz CT molecular complexity index is 341. The molecular weight excluding hydrogens is 216 g/mol. The van der Waals surface area contributed by atoms with Gasteiger partial charge in [0.15, 0.2) is 0 Å². The van der Waals surface area contributed by atoms with E-state index in [0.29, 0.717) is 32.5 Å². The maximum atomic E-state index is 5.50. The van der Waals surface area contributed by atoms with Crippen LogP contribution in [0.3, 0.4) is 0 Å². The molecule has 0 saturated carbocycles. The minimum atomic E-state index is 0.335. The average molecular weight is 234 g/mol. The van der Waals surface area contributed by atoms with Gasteiger partial charge in [-0.15, -0.1) is 0 Å². The van der Waals surface area contributed by atoms with Crippen LogP contribution in [-0.4, -0.2) is 32.5 Å². The molecule has 0 bridgehead atoms. The predicted molar refractivity (Wildman–Crippen MR) is 66.7 cm³/mol. The summed E-state index contributed by atoms with van der Waals surface area (Å²) in [5.74, 6) is 0. The molecule has 1 aliphatic heterocycles. The van der Waals surface area contributed by atoms with Gasteiger partial charge in [-0.05, 0) is 11.1 Å². The van der Waals surface area contributed by atoms with Crippen molar-refractivity contribution in [3.63, 3.8) is 0 Å². The van der Waals surface area contributed by atoms with E-state index in [1.807, 2.05) is 18.2 Å². The highest BCUT2D eigenvalue weighted by Gasteiger charge is 2.21. The summed E-state index contributed by atoms with van der Waals surface area (Å²) in [5, 5.41) is 0. The second-order valence-electron chi connectivity index (χ2n) is 4.03. The van der Waals surface area contributed by atoms with Crippen LogP contribution >= 0.6 is 0 Å². The maximum Gasteiger partial charge on any atom is 0.104 e. The van der Waals surface area contributed by atoms with Gasteiger partial charge >= 0.3 is 0 Å². The lowest BCUT2D eigenvalue weighted by Crippen LogP contribution is -2.08. The van der Waals surface area contributed by atoms with E-state index in [4.69, 9.17) is 14.2 Å². The fraction of sp³-hybridized carbons (Fsp3) is 0.429. The van der Waals surface area contributed by atoms with Gasteiger partial charge < -0.3 is 14.2 Å². The molecular formula is C14H18O3. The second-order valence-corrected chi connectivity index (χ2v) is 4.03. The van der Waals surface area contributed by atoms with Crippen LogP contribution in [0.15, 0.2) is 30.8 Å². The van der Waals surface area contributed by atoms with Gasteiger partial charge in [0.05, 0.1) is 33.0 Å². The Hall–Kier alpha value is -1.16. The minimum Gasteiger partial charge on any atom is -0.376 e. The van der Waals surface area contributed by atoms with Gasteiger partial charge in [0.25, 0.3) is 0 Å². The van der Waals surface area contributed by atoms with Crippen LogP contribution in [0.1, 0.15) is 11.1 Å². The third-order valence-electron chi connectivity index (χ3n) is 2.56. The van der Waals surface area contributed by atoms with Gasteiger partial charge in [-0.1, -0.05) is 36.9 Å². The Labute approximate surface area is 102 Å². The fourth-order valence-corrected chi connectivity index (χ4v) is 1.44. The number of benzene rings is 1. The molecule has 1 aromatic rings. The molecule has 1 heterocycles. The zero-order chi connectivity index (χ0) is 11.9. The van der Waals surface area contributed by atoms with Crippen molar-refractivity contribution in [3.8, 4) is 0 Å². The van der Waals surface area contributed by atoms with Gasteiger partial charge in [-0.3, -0.25) is 0 Å². The number of ether oxygens (including phenoxy) is 3. The van der Waals surface area contributed by atoms with E-state index in [-0.39, 0.29) is 0 Å². The van der Waals surface area contributed by atoms with Crippen molar-refractivity contribution in [2.75, 3.05) is 26.4 Å². The van der Waals surface area contributed by atoms with Gasteiger partial charge in [0.2, 0.25) is 0 Å². The Balaban J connectivity index is 1.55. The minimum absolute atomic E-state index is 0.335. The smallest absolute Gasteiger partial charge is 0.104 e. The molecule has 2 rings (SSSR count). The highest BCUT2D eigenvalue weighted by molar-refractivity contribution is 5.47. The van der Waals surface area contributed by atoms with Gasteiger partial charge in [-0.2, -0.15) is 0 Å². The fourth-order valence-electron chi connectivity index (χ4n) is 1.44. The summed E-state index contributed by atoms with van der Waals surface area (Å²) in [7, 11) is 0. The van der Waals surface area contributed by atoms with Crippen LogP contribution in [0, 0.1) is 0 Å². The standard InChI is InChI=1S/C14H18O3/c1-2-12-3-5-13(6-4-12)9-15-7-8-16-10-14-11-17-14/h2-6,14H,1,7-11H2. The molecule has 1 fully saturated rings. The zero-order valence-electron chi connectivity index (χ0n) is 9.93. The van der Waals surface area contributed by atoms with E-state index in [0.717, 1.165) is 12.2 Å². The average Bonchev–Trinajstić information content (AvgIpc) is 3.18. The lowest BCUT2D eigenvalue weighted by atomic mass is 10.1. The summed E-state index contributed by atoms with van der Waals surface area (Å²) in [5.41, 5.74) is 2.29. The normalized spacial score (nSPS) is 18.0. The van der Waals surface area contributed by atoms with Gasteiger partial charge in [0.1, 0.15) is 6.10 Å². The van der Waals surface area contributed by atoms with Crippen LogP contribution in [0.4, 0.5) is 0 Å². The molecule has 0 aromatic heterocycles. The number of hydrogen-bond acceptors (Lipinski definition) is 3. The molecule has 3 nitrogen and oxygen atoms in total. The highest BCUT2D eigenvalue weighted by atomic mass is 16.6. The summed E-state index contributed by atoms with van der Waals surface area (Å²) in [4.78, 5) is 0. The molecule has 0 spiro atoms. The molecule has 92 valence electrons. The summed E-state index contributed by atoms with van der Waals surface area (Å²) in [6.07, 6.45) is 2.17. The molecule has 0 radical (unpaired) electrons. The first-order valence-corrected chi connectivity index (χ1v) is 5.87. The summed E-state index contributed by atoms with van der Waals surface area (Å²) >= 11 is 0. The Morgan fingerprint density at radius 2 is 1.94 bits per heavy atom. The molecule has 1 saturated heterocycles. The number of epoxide rings is 1. The van der Waals surface area contributed by atoms with Crippen LogP contribution in [0.25, 0.3) is 6.08 Å². The van der Waals surface area contributed by atoms with Crippen LogP contribution < -0.4 is 0 Å². The van der Waals surface area contributed by atoms with Crippen LogP contribution in [0.2, 0.25) is 0 Å². The van der Waals surface area contributed by atoms with Crippen molar-refractivity contribution < 1.29 is 14.2 Å². The first-order chi connectivity index (χ1) is 8.38. The monoisotopic (exact) mass is 234 g/mol. The van der Waals surface area contributed by atoms with E-state index in [1.165, 1.54) is 5.56 Å². The number of hydrogen-bond donors (Lipinski definition) is 0. The van der Waals surface area contributed by atoms with Gasteiger partial charge in [0, 0.05) is 0 Å². The topological polar surface area (TPSA) is 31.0 Å². The molecule has 0 aliphatic carbocycles. The highest BCUT2D eigenvalue weighted by Crippen LogP contribution is 2.08. The van der Waals surface area contributed by atoms with E-state index in [1.54, 1.807) is 0 Å². The molecule has 17 heavy (non-hydrogen) atoms. The lowest BCUT2D eigenvalue weighted by Gasteiger charge is -2.05. The van der Waals surface area contributed by atoms with Crippen molar-refractivity contribution in [3.05, 3.63) is 42.0 Å². The summed E-state index contributed by atoms with van der Waals surface area (Å²) in [6.45, 7) is 7.13. The first kappa shape index (κ1) is 12.3. The molecule has 3 heteroatoms. The molecule has 1 unspecified atom stereocenters. The second kappa shape index (κ2) is 6.55. The van der Waals surface area contributed by atoms with Crippen molar-refractivity contribution in [1.29, 1.82) is 0 Å². The lowest BCUT2D eigenvalue weighted by molar-refractivity contribution is 0.0353. The van der Waals surface area contributed by atoms with Crippen LogP contribution in [0.5, 0.6) is 0 Å². The maximum absolute atomic E-state index is 5.50. The Kier molecular flexibility index (Phi) is 4.74. The predicted octanol–water partition coefficient (Wildman–Crippen LogP) is 2.26. The zero-order valence-corrected chi connectivity index (χ0v) is 9.93. The molecule has 0 N–H and O–H groups in total. The summed E-state index contributed by atoms with van der Waals surface area (Å²) in [6, 6.07) is 8.17. The van der Waals surface area contributed by atoms with E-state index in [2.05, 4.69) is 18.7 Å². The molecule has 1 atom stereocenters.